The molecule has 26 heavy (non-hydrogen) atoms. The lowest BCUT2D eigenvalue weighted by molar-refractivity contribution is -0.161. The summed E-state index contributed by atoms with van der Waals surface area (Å²) in [6.07, 6.45) is 3.36. The molecule has 2 aliphatic heterocycles. The number of carbonyl (C=O) groups excluding carboxylic acids is 3. The minimum absolute atomic E-state index is 0.0315. The number of hydrogen-bond donors (Lipinski definition) is 2. The molecule has 7 heteroatoms. The van der Waals surface area contributed by atoms with Crippen LogP contribution >= 0.6 is 0 Å². The second-order valence-corrected chi connectivity index (χ2v) is 7.90. The van der Waals surface area contributed by atoms with Gasteiger partial charge in [-0.1, -0.05) is 27.7 Å². The second kappa shape index (κ2) is 8.73. The highest BCUT2D eigenvalue weighted by atomic mass is 16.2. The quantitative estimate of drug-likeness (QED) is 0.751. The summed E-state index contributed by atoms with van der Waals surface area (Å²) in [4.78, 5) is 41.8. The lowest BCUT2D eigenvalue weighted by Gasteiger charge is -2.51. The molecule has 4 amide bonds. The van der Waals surface area contributed by atoms with Gasteiger partial charge in [-0.2, -0.15) is 0 Å². The summed E-state index contributed by atoms with van der Waals surface area (Å²) in [5.41, 5.74) is -0.803. The Hall–Kier alpha value is -1.79. The Morgan fingerprint density at radius 2 is 1.88 bits per heavy atom. The van der Waals surface area contributed by atoms with Crippen molar-refractivity contribution in [2.24, 2.45) is 5.92 Å². The van der Waals surface area contributed by atoms with Gasteiger partial charge in [0.2, 0.25) is 11.8 Å². The first kappa shape index (κ1) is 20.5. The first-order chi connectivity index (χ1) is 12.4. The Kier molecular flexibility index (Phi) is 6.89. The Balaban J connectivity index is 2.13. The van der Waals surface area contributed by atoms with E-state index < -0.39 is 11.6 Å². The summed E-state index contributed by atoms with van der Waals surface area (Å²) in [5.74, 6) is 0.319. The highest BCUT2D eigenvalue weighted by Gasteiger charge is 2.53. The van der Waals surface area contributed by atoms with Gasteiger partial charge in [-0.3, -0.25) is 9.59 Å². The molecule has 7 nitrogen and oxygen atoms in total. The van der Waals surface area contributed by atoms with Crippen molar-refractivity contribution >= 4 is 17.8 Å². The summed E-state index contributed by atoms with van der Waals surface area (Å²) >= 11 is 0. The van der Waals surface area contributed by atoms with Crippen LogP contribution in [0.25, 0.3) is 0 Å². The van der Waals surface area contributed by atoms with E-state index >= 15 is 0 Å². The van der Waals surface area contributed by atoms with Crippen LogP contribution in [0.3, 0.4) is 0 Å². The number of nitrogens with one attached hydrogen (secondary N) is 2. The van der Waals surface area contributed by atoms with Crippen molar-refractivity contribution in [3.8, 4) is 0 Å². The molecular formula is C19H34N4O3. The molecule has 1 spiro atoms. The molecule has 0 aromatic rings. The van der Waals surface area contributed by atoms with Gasteiger partial charge in [0.25, 0.3) is 0 Å². The zero-order chi connectivity index (χ0) is 19.3. The molecule has 2 N–H and O–H groups in total. The first-order valence-electron chi connectivity index (χ1n) is 10.0. The van der Waals surface area contributed by atoms with Crippen LogP contribution in [-0.2, 0) is 9.59 Å². The smallest absolute Gasteiger partial charge is 0.317 e. The fourth-order valence-electron chi connectivity index (χ4n) is 3.98. The molecule has 0 aromatic carbocycles. The molecule has 0 aliphatic carbocycles. The number of amides is 4. The van der Waals surface area contributed by atoms with Crippen LogP contribution in [0.5, 0.6) is 0 Å². The molecule has 2 rings (SSSR count). The number of piperidine rings is 1. The molecule has 148 valence electrons. The maximum atomic E-state index is 13.0. The molecule has 1 atom stereocenters. The van der Waals surface area contributed by atoms with E-state index in [0.29, 0.717) is 51.4 Å². The number of likely N-dealkylation sites (tertiary alicyclic amines) is 1. The molecule has 2 saturated heterocycles. The second-order valence-electron chi connectivity index (χ2n) is 7.90. The van der Waals surface area contributed by atoms with Crippen LogP contribution in [-0.4, -0.2) is 65.4 Å². The van der Waals surface area contributed by atoms with Crippen LogP contribution in [0.4, 0.5) is 4.79 Å². The van der Waals surface area contributed by atoms with Crippen LogP contribution in [0.1, 0.15) is 59.8 Å². The minimum atomic E-state index is -0.803. The third kappa shape index (κ3) is 4.13. The Labute approximate surface area is 156 Å². The van der Waals surface area contributed by atoms with E-state index in [1.165, 1.54) is 0 Å². The predicted octanol–water partition coefficient (Wildman–Crippen LogP) is 1.72. The van der Waals surface area contributed by atoms with Crippen molar-refractivity contribution in [2.75, 3.05) is 26.2 Å². The standard InChI is InChI=1S/C19H34N4O3/c1-5-9-20-18(26)22-11-7-19(8-12-22)17(25)21-15(13-14(3)4)16(24)23(19)10-6-2/h14-15H,5-13H2,1-4H3,(H,20,26)(H,21,25). The highest BCUT2D eigenvalue weighted by Crippen LogP contribution is 2.34. The third-order valence-corrected chi connectivity index (χ3v) is 5.37. The summed E-state index contributed by atoms with van der Waals surface area (Å²) in [7, 11) is 0. The van der Waals surface area contributed by atoms with Crippen molar-refractivity contribution < 1.29 is 14.4 Å². The molecule has 1 unspecified atom stereocenters. The average molecular weight is 367 g/mol. The Morgan fingerprint density at radius 3 is 2.42 bits per heavy atom. The van der Waals surface area contributed by atoms with Crippen LogP contribution in [0.15, 0.2) is 0 Å². The van der Waals surface area contributed by atoms with E-state index in [1.807, 2.05) is 13.8 Å². The van der Waals surface area contributed by atoms with Crippen molar-refractivity contribution in [3.05, 3.63) is 0 Å². The van der Waals surface area contributed by atoms with Crippen molar-refractivity contribution in [1.82, 2.24) is 20.4 Å². The Bertz CT molecular complexity index is 527. The van der Waals surface area contributed by atoms with Gasteiger partial charge in [-0.15, -0.1) is 0 Å². The molecule has 0 saturated carbocycles. The van der Waals surface area contributed by atoms with E-state index in [0.717, 1.165) is 12.8 Å². The van der Waals surface area contributed by atoms with E-state index in [2.05, 4.69) is 24.5 Å². The number of piperazine rings is 1. The van der Waals surface area contributed by atoms with Gasteiger partial charge >= 0.3 is 6.03 Å². The maximum absolute atomic E-state index is 13.0. The van der Waals surface area contributed by atoms with Crippen LogP contribution < -0.4 is 10.6 Å². The summed E-state index contributed by atoms with van der Waals surface area (Å²) in [5, 5.41) is 5.86. The lowest BCUT2D eigenvalue weighted by atomic mass is 9.81. The van der Waals surface area contributed by atoms with E-state index in [9.17, 15) is 14.4 Å². The molecule has 2 heterocycles. The predicted molar refractivity (Wildman–Crippen MR) is 101 cm³/mol. The zero-order valence-corrected chi connectivity index (χ0v) is 16.6. The van der Waals surface area contributed by atoms with E-state index in [-0.39, 0.29) is 17.8 Å². The van der Waals surface area contributed by atoms with Gasteiger partial charge < -0.3 is 20.4 Å². The van der Waals surface area contributed by atoms with E-state index in [1.54, 1.807) is 9.80 Å². The summed E-state index contributed by atoms with van der Waals surface area (Å²) < 4.78 is 0. The third-order valence-electron chi connectivity index (χ3n) is 5.37. The largest absolute Gasteiger partial charge is 0.342 e. The minimum Gasteiger partial charge on any atom is -0.342 e. The first-order valence-corrected chi connectivity index (χ1v) is 10.0. The number of carbonyl (C=O) groups is 3. The topological polar surface area (TPSA) is 81.8 Å². The molecule has 0 aromatic heterocycles. The van der Waals surface area contributed by atoms with Gasteiger partial charge in [-0.25, -0.2) is 4.79 Å². The molecule has 0 radical (unpaired) electrons. The Morgan fingerprint density at radius 1 is 1.23 bits per heavy atom. The SMILES string of the molecule is CCCNC(=O)N1CCC2(CC1)C(=O)NC(CC(C)C)C(=O)N2CCC. The molecular weight excluding hydrogens is 332 g/mol. The summed E-state index contributed by atoms with van der Waals surface area (Å²) in [6.45, 7) is 10.4. The number of urea groups is 1. The fourth-order valence-corrected chi connectivity index (χ4v) is 3.98. The van der Waals surface area contributed by atoms with Gasteiger partial charge in [0.15, 0.2) is 0 Å². The van der Waals surface area contributed by atoms with Gasteiger partial charge in [0.1, 0.15) is 11.6 Å². The van der Waals surface area contributed by atoms with Crippen LogP contribution in [0, 0.1) is 5.92 Å². The van der Waals surface area contributed by atoms with Gasteiger partial charge in [-0.05, 0) is 38.0 Å². The van der Waals surface area contributed by atoms with Gasteiger partial charge in [0.05, 0.1) is 0 Å². The lowest BCUT2D eigenvalue weighted by Crippen LogP contribution is -2.73. The zero-order valence-electron chi connectivity index (χ0n) is 16.6. The molecule has 2 aliphatic rings. The number of nitrogens with zero attached hydrogens (tertiary/aromatic N) is 2. The number of hydrogen-bond acceptors (Lipinski definition) is 3. The summed E-state index contributed by atoms with van der Waals surface area (Å²) in [6, 6.07) is -0.505. The maximum Gasteiger partial charge on any atom is 0.317 e. The monoisotopic (exact) mass is 366 g/mol. The fraction of sp³-hybridized carbons (Fsp3) is 0.842. The normalized spacial score (nSPS) is 22.7. The van der Waals surface area contributed by atoms with Crippen molar-refractivity contribution in [3.63, 3.8) is 0 Å². The van der Waals surface area contributed by atoms with Crippen molar-refractivity contribution in [1.29, 1.82) is 0 Å². The van der Waals surface area contributed by atoms with Crippen molar-refractivity contribution in [2.45, 2.75) is 71.4 Å². The average Bonchev–Trinajstić information content (AvgIpc) is 2.61. The van der Waals surface area contributed by atoms with E-state index in [4.69, 9.17) is 0 Å². The van der Waals surface area contributed by atoms with Gasteiger partial charge in [0, 0.05) is 26.2 Å². The number of rotatable bonds is 6. The highest BCUT2D eigenvalue weighted by molar-refractivity contribution is 6.00. The van der Waals surface area contributed by atoms with Crippen LogP contribution in [0.2, 0.25) is 0 Å². The molecule has 0 bridgehead atoms. The molecule has 2 fully saturated rings.